The van der Waals surface area contributed by atoms with Crippen molar-refractivity contribution in [3.63, 3.8) is 0 Å². The predicted octanol–water partition coefficient (Wildman–Crippen LogP) is 1.26. The predicted molar refractivity (Wildman–Crippen MR) is 60.2 cm³/mol. The van der Waals surface area contributed by atoms with Gasteiger partial charge >= 0.3 is 0 Å². The van der Waals surface area contributed by atoms with E-state index < -0.39 is 0 Å². The van der Waals surface area contributed by atoms with E-state index in [0.29, 0.717) is 17.0 Å². The number of halogens is 1. The topological polar surface area (TPSA) is 62.8 Å². The zero-order valence-electron chi connectivity index (χ0n) is 9.57. The van der Waals surface area contributed by atoms with Gasteiger partial charge in [0.2, 0.25) is 0 Å². The smallest absolute Gasteiger partial charge is 0.124 e. The van der Waals surface area contributed by atoms with E-state index in [1.54, 1.807) is 26.4 Å². The van der Waals surface area contributed by atoms with Crippen LogP contribution in [0.4, 0.5) is 4.39 Å². The Hall–Kier alpha value is -1.95. The Morgan fingerprint density at radius 3 is 2.88 bits per heavy atom. The van der Waals surface area contributed by atoms with Crippen LogP contribution < -0.4 is 10.1 Å². The van der Waals surface area contributed by atoms with Crippen LogP contribution in [0.2, 0.25) is 0 Å². The van der Waals surface area contributed by atoms with Crippen molar-refractivity contribution >= 4 is 0 Å². The van der Waals surface area contributed by atoms with Crippen LogP contribution in [0.1, 0.15) is 17.3 Å². The molecule has 0 spiro atoms. The minimum atomic E-state index is -0.315. The molecule has 0 aliphatic heterocycles. The van der Waals surface area contributed by atoms with E-state index in [9.17, 15) is 4.39 Å². The molecule has 6 heteroatoms. The lowest BCUT2D eigenvalue weighted by atomic mass is 10.0. The van der Waals surface area contributed by atoms with Crippen molar-refractivity contribution in [1.29, 1.82) is 0 Å². The molecule has 2 N–H and O–H groups in total. The number of hydrogen-bond acceptors (Lipinski definition) is 4. The molecule has 0 saturated heterocycles. The fourth-order valence-electron chi connectivity index (χ4n) is 1.74. The number of nitrogens with one attached hydrogen (secondary N) is 2. The van der Waals surface area contributed by atoms with Crippen molar-refractivity contribution in [3.05, 3.63) is 41.5 Å². The van der Waals surface area contributed by atoms with Crippen molar-refractivity contribution in [2.75, 3.05) is 14.2 Å². The van der Waals surface area contributed by atoms with Gasteiger partial charge in [-0.05, 0) is 25.2 Å². The normalized spacial score (nSPS) is 12.4. The van der Waals surface area contributed by atoms with E-state index >= 15 is 0 Å². The van der Waals surface area contributed by atoms with Crippen LogP contribution in [0, 0.1) is 5.82 Å². The second kappa shape index (κ2) is 4.92. The Kier molecular flexibility index (Phi) is 3.34. The van der Waals surface area contributed by atoms with Gasteiger partial charge in [-0.15, -0.1) is 0 Å². The number of hydrogen-bond donors (Lipinski definition) is 2. The summed E-state index contributed by atoms with van der Waals surface area (Å²) in [4.78, 5) is 0. The van der Waals surface area contributed by atoms with E-state index in [1.807, 2.05) is 0 Å². The maximum atomic E-state index is 13.3. The highest BCUT2D eigenvalue weighted by molar-refractivity contribution is 5.39. The molecular formula is C11H13FN4O. The molecule has 0 radical (unpaired) electrons. The summed E-state index contributed by atoms with van der Waals surface area (Å²) in [5, 5.41) is 13.3. The van der Waals surface area contributed by atoms with Crippen LogP contribution in [-0.2, 0) is 0 Å². The molecule has 1 aromatic carbocycles. The molecule has 1 atom stereocenters. The molecule has 0 amide bonds. The van der Waals surface area contributed by atoms with E-state index in [1.165, 1.54) is 12.1 Å². The maximum Gasteiger partial charge on any atom is 0.124 e. The van der Waals surface area contributed by atoms with Gasteiger partial charge in [0.15, 0.2) is 0 Å². The van der Waals surface area contributed by atoms with E-state index in [4.69, 9.17) is 4.74 Å². The summed E-state index contributed by atoms with van der Waals surface area (Å²) in [6.45, 7) is 0. The number of aromatic amines is 1. The lowest BCUT2D eigenvalue weighted by Gasteiger charge is -2.17. The summed E-state index contributed by atoms with van der Waals surface area (Å²) in [5.41, 5.74) is 1.36. The Morgan fingerprint density at radius 2 is 2.29 bits per heavy atom. The highest BCUT2D eigenvalue weighted by Gasteiger charge is 2.19. The van der Waals surface area contributed by atoms with Gasteiger partial charge in [0, 0.05) is 5.56 Å². The number of benzene rings is 1. The molecular weight excluding hydrogens is 223 g/mol. The SMILES string of the molecule is CNC(c1cn[nH]n1)c1cc(F)ccc1OC. The first-order valence-electron chi connectivity index (χ1n) is 5.12. The summed E-state index contributed by atoms with van der Waals surface area (Å²) in [6, 6.07) is 4.11. The van der Waals surface area contributed by atoms with Crippen LogP contribution in [0.15, 0.2) is 24.4 Å². The third-order valence-electron chi connectivity index (χ3n) is 2.52. The molecule has 2 aromatic rings. The van der Waals surface area contributed by atoms with E-state index in [2.05, 4.69) is 20.7 Å². The molecule has 0 aliphatic rings. The second-order valence-electron chi connectivity index (χ2n) is 3.50. The number of rotatable bonds is 4. The molecule has 1 aromatic heterocycles. The van der Waals surface area contributed by atoms with E-state index in [0.717, 1.165) is 0 Å². The minimum absolute atomic E-state index is 0.264. The van der Waals surface area contributed by atoms with Crippen molar-refractivity contribution in [2.45, 2.75) is 6.04 Å². The van der Waals surface area contributed by atoms with Gasteiger partial charge in [-0.3, -0.25) is 0 Å². The average molecular weight is 236 g/mol. The summed E-state index contributed by atoms with van der Waals surface area (Å²) < 4.78 is 18.5. The Morgan fingerprint density at radius 1 is 1.47 bits per heavy atom. The van der Waals surface area contributed by atoms with Gasteiger partial charge in [-0.2, -0.15) is 15.4 Å². The van der Waals surface area contributed by atoms with Crippen LogP contribution >= 0.6 is 0 Å². The quantitative estimate of drug-likeness (QED) is 0.839. The summed E-state index contributed by atoms with van der Waals surface area (Å²) in [6.07, 6.45) is 1.59. The lowest BCUT2D eigenvalue weighted by molar-refractivity contribution is 0.403. The van der Waals surface area contributed by atoms with Gasteiger partial charge in [-0.1, -0.05) is 0 Å². The molecule has 17 heavy (non-hydrogen) atoms. The average Bonchev–Trinajstić information content (AvgIpc) is 2.84. The molecule has 0 bridgehead atoms. The molecule has 0 fully saturated rings. The second-order valence-corrected chi connectivity index (χ2v) is 3.50. The van der Waals surface area contributed by atoms with Crippen LogP contribution in [0.25, 0.3) is 0 Å². The fraction of sp³-hybridized carbons (Fsp3) is 0.273. The lowest BCUT2D eigenvalue weighted by Crippen LogP contribution is -2.19. The minimum Gasteiger partial charge on any atom is -0.496 e. The van der Waals surface area contributed by atoms with Gasteiger partial charge in [0.1, 0.15) is 17.3 Å². The maximum absolute atomic E-state index is 13.3. The van der Waals surface area contributed by atoms with Crippen LogP contribution in [-0.4, -0.2) is 29.6 Å². The number of ether oxygens (including phenoxy) is 1. The van der Waals surface area contributed by atoms with Gasteiger partial charge in [0.05, 0.1) is 19.3 Å². The Bertz CT molecular complexity index is 486. The van der Waals surface area contributed by atoms with Crippen molar-refractivity contribution in [2.24, 2.45) is 0 Å². The number of H-pyrrole nitrogens is 1. The monoisotopic (exact) mass is 236 g/mol. The van der Waals surface area contributed by atoms with Crippen molar-refractivity contribution in [3.8, 4) is 5.75 Å². The highest BCUT2D eigenvalue weighted by Crippen LogP contribution is 2.29. The molecule has 1 unspecified atom stereocenters. The largest absolute Gasteiger partial charge is 0.496 e. The first kappa shape index (κ1) is 11.5. The van der Waals surface area contributed by atoms with Gasteiger partial charge in [0.25, 0.3) is 0 Å². The van der Waals surface area contributed by atoms with Crippen LogP contribution in [0.3, 0.4) is 0 Å². The molecule has 0 aliphatic carbocycles. The summed E-state index contributed by atoms with van der Waals surface area (Å²) in [5.74, 6) is 0.290. The number of aromatic nitrogens is 3. The number of nitrogens with zero attached hydrogens (tertiary/aromatic N) is 2. The van der Waals surface area contributed by atoms with Crippen molar-refractivity contribution < 1.29 is 9.13 Å². The van der Waals surface area contributed by atoms with E-state index in [-0.39, 0.29) is 11.9 Å². The molecule has 2 rings (SSSR count). The van der Waals surface area contributed by atoms with Crippen LogP contribution in [0.5, 0.6) is 5.75 Å². The first-order valence-corrected chi connectivity index (χ1v) is 5.12. The van der Waals surface area contributed by atoms with Gasteiger partial charge in [-0.25, -0.2) is 4.39 Å². The molecule has 1 heterocycles. The first-order chi connectivity index (χ1) is 8.26. The molecule has 90 valence electrons. The Balaban J connectivity index is 2.46. The van der Waals surface area contributed by atoms with Crippen molar-refractivity contribution in [1.82, 2.24) is 20.7 Å². The Labute approximate surface area is 98.0 Å². The zero-order chi connectivity index (χ0) is 12.3. The molecule has 5 nitrogen and oxygen atoms in total. The summed E-state index contributed by atoms with van der Waals surface area (Å²) >= 11 is 0. The third-order valence-corrected chi connectivity index (χ3v) is 2.52. The highest BCUT2D eigenvalue weighted by atomic mass is 19.1. The number of methoxy groups -OCH3 is 1. The van der Waals surface area contributed by atoms with Gasteiger partial charge < -0.3 is 10.1 Å². The third kappa shape index (κ3) is 2.26. The molecule has 0 saturated carbocycles. The standard InChI is InChI=1S/C11H13FN4O/c1-13-11(9-6-14-16-15-9)8-5-7(12)3-4-10(8)17-2/h3-6,11,13H,1-2H3,(H,14,15,16). The summed E-state index contributed by atoms with van der Waals surface area (Å²) in [7, 11) is 3.32. The zero-order valence-corrected chi connectivity index (χ0v) is 9.57. The fourth-order valence-corrected chi connectivity index (χ4v) is 1.74.